The van der Waals surface area contributed by atoms with Crippen molar-refractivity contribution in [1.29, 1.82) is 0 Å². The van der Waals surface area contributed by atoms with Gasteiger partial charge in [-0.05, 0) is 73.0 Å². The molecule has 35 heavy (non-hydrogen) atoms. The topological polar surface area (TPSA) is 137 Å². The Balaban J connectivity index is 1.60. The van der Waals surface area contributed by atoms with Crippen molar-refractivity contribution in [3.05, 3.63) is 75.6 Å². The standard InChI is InChI=1S/C26H27N5O4/c1-3-4-5-6-7-8-13-34-18-11-9-17(10-12-18)22(32)19-14-16(2)15-20-23(33)21(27)25(35-24(19)20)26-28-30-31-29-26/h8-15H,3-7,27H2,1-2H3,(H,28,29,30,31)/b13-8+. The quantitative estimate of drug-likeness (QED) is 0.187. The lowest BCUT2D eigenvalue weighted by Crippen LogP contribution is -2.13. The zero-order chi connectivity index (χ0) is 24.8. The Morgan fingerprint density at radius 3 is 2.69 bits per heavy atom. The van der Waals surface area contributed by atoms with E-state index >= 15 is 0 Å². The van der Waals surface area contributed by atoms with E-state index in [1.807, 2.05) is 6.08 Å². The van der Waals surface area contributed by atoms with Crippen LogP contribution in [-0.2, 0) is 0 Å². The molecule has 0 aliphatic rings. The van der Waals surface area contributed by atoms with Crippen LogP contribution in [0.1, 0.15) is 60.5 Å². The molecule has 0 bridgehead atoms. The van der Waals surface area contributed by atoms with Gasteiger partial charge < -0.3 is 14.9 Å². The number of tetrazole rings is 1. The van der Waals surface area contributed by atoms with E-state index < -0.39 is 5.43 Å². The number of nitrogens with two attached hydrogens (primary N) is 1. The Hall–Kier alpha value is -4.27. The summed E-state index contributed by atoms with van der Waals surface area (Å²) in [5, 5.41) is 13.7. The molecule has 0 spiro atoms. The fourth-order valence-corrected chi connectivity index (χ4v) is 3.77. The number of anilines is 1. The van der Waals surface area contributed by atoms with Gasteiger partial charge in [0.25, 0.3) is 0 Å². The molecule has 0 atom stereocenters. The first-order valence-corrected chi connectivity index (χ1v) is 11.6. The van der Waals surface area contributed by atoms with E-state index in [0.29, 0.717) is 11.3 Å². The van der Waals surface area contributed by atoms with Crippen LogP contribution in [0.3, 0.4) is 0 Å². The van der Waals surface area contributed by atoms with E-state index in [0.717, 1.165) is 18.4 Å². The number of ketones is 1. The van der Waals surface area contributed by atoms with E-state index in [-0.39, 0.29) is 39.6 Å². The molecule has 0 saturated heterocycles. The maximum absolute atomic E-state index is 13.4. The van der Waals surface area contributed by atoms with Crippen molar-refractivity contribution in [3.63, 3.8) is 0 Å². The van der Waals surface area contributed by atoms with E-state index in [1.165, 1.54) is 19.3 Å². The predicted molar refractivity (Wildman–Crippen MR) is 133 cm³/mol. The summed E-state index contributed by atoms with van der Waals surface area (Å²) in [6.07, 6.45) is 9.46. The second kappa shape index (κ2) is 10.8. The van der Waals surface area contributed by atoms with Gasteiger partial charge in [0, 0.05) is 5.56 Å². The van der Waals surface area contributed by atoms with Gasteiger partial charge in [0.2, 0.25) is 17.0 Å². The first-order valence-electron chi connectivity index (χ1n) is 11.6. The number of hydrogen-bond donors (Lipinski definition) is 2. The number of nitrogens with zero attached hydrogens (tertiary/aromatic N) is 3. The SMILES string of the molecule is CCCCCC/C=C/Oc1ccc(C(=O)c2cc(C)cc3c(=O)c(N)c(-c4nn[nH]n4)oc23)cc1. The number of nitrogen functional groups attached to an aromatic ring is 1. The third-order valence-electron chi connectivity index (χ3n) is 5.61. The lowest BCUT2D eigenvalue weighted by Gasteiger charge is -2.10. The maximum Gasteiger partial charge on any atom is 0.242 e. The molecular weight excluding hydrogens is 446 g/mol. The van der Waals surface area contributed by atoms with Gasteiger partial charge in [0.1, 0.15) is 17.0 Å². The van der Waals surface area contributed by atoms with Crippen LogP contribution in [-0.4, -0.2) is 26.4 Å². The largest absolute Gasteiger partial charge is 0.465 e. The first kappa shape index (κ1) is 23.9. The molecule has 0 unspecified atom stereocenters. The number of H-pyrrole nitrogens is 1. The summed E-state index contributed by atoms with van der Waals surface area (Å²) in [6, 6.07) is 10.1. The normalized spacial score (nSPS) is 11.4. The van der Waals surface area contributed by atoms with Crippen molar-refractivity contribution in [2.45, 2.75) is 46.0 Å². The lowest BCUT2D eigenvalue weighted by atomic mass is 9.98. The van der Waals surface area contributed by atoms with Crippen LogP contribution >= 0.6 is 0 Å². The summed E-state index contributed by atoms with van der Waals surface area (Å²) < 4.78 is 11.5. The van der Waals surface area contributed by atoms with Crippen molar-refractivity contribution in [3.8, 4) is 17.3 Å². The van der Waals surface area contributed by atoms with Crippen LogP contribution in [0.15, 0.2) is 57.9 Å². The number of aromatic nitrogens is 4. The number of rotatable bonds is 10. The lowest BCUT2D eigenvalue weighted by molar-refractivity contribution is 0.103. The van der Waals surface area contributed by atoms with E-state index in [4.69, 9.17) is 14.9 Å². The van der Waals surface area contributed by atoms with Crippen LogP contribution in [0.2, 0.25) is 0 Å². The molecule has 2 aromatic carbocycles. The Labute approximate surface area is 202 Å². The van der Waals surface area contributed by atoms with Crippen molar-refractivity contribution in [2.75, 3.05) is 5.73 Å². The van der Waals surface area contributed by atoms with Crippen LogP contribution in [0.5, 0.6) is 5.75 Å². The summed E-state index contributed by atoms with van der Waals surface area (Å²) in [5.74, 6) is 0.308. The molecule has 0 radical (unpaired) electrons. The van der Waals surface area contributed by atoms with E-state index in [2.05, 4.69) is 27.5 Å². The molecule has 180 valence electrons. The second-order valence-electron chi connectivity index (χ2n) is 8.29. The van der Waals surface area contributed by atoms with Crippen LogP contribution in [0.25, 0.3) is 22.6 Å². The molecule has 0 aliphatic carbocycles. The first-order chi connectivity index (χ1) is 17.0. The van der Waals surface area contributed by atoms with Crippen molar-refractivity contribution < 1.29 is 13.9 Å². The zero-order valence-electron chi connectivity index (χ0n) is 19.7. The van der Waals surface area contributed by atoms with Crippen molar-refractivity contribution in [2.24, 2.45) is 0 Å². The monoisotopic (exact) mass is 473 g/mol. The summed E-state index contributed by atoms with van der Waals surface area (Å²) in [6.45, 7) is 3.98. The Bertz CT molecular complexity index is 1410. The highest BCUT2D eigenvalue weighted by atomic mass is 16.5. The minimum Gasteiger partial charge on any atom is -0.465 e. The number of allylic oxidation sites excluding steroid dienone is 1. The number of ether oxygens (including phenoxy) is 1. The maximum atomic E-state index is 13.4. The molecule has 4 aromatic rings. The van der Waals surface area contributed by atoms with Crippen molar-refractivity contribution >= 4 is 22.4 Å². The number of hydrogen-bond acceptors (Lipinski definition) is 8. The number of benzene rings is 2. The van der Waals surface area contributed by atoms with Crippen LogP contribution in [0, 0.1) is 6.92 Å². The summed E-state index contributed by atoms with van der Waals surface area (Å²) in [4.78, 5) is 26.4. The zero-order valence-corrected chi connectivity index (χ0v) is 19.7. The minimum absolute atomic E-state index is 0.0281. The molecule has 0 fully saturated rings. The Morgan fingerprint density at radius 1 is 1.17 bits per heavy atom. The molecule has 0 aliphatic heterocycles. The highest BCUT2D eigenvalue weighted by molar-refractivity contribution is 6.15. The van der Waals surface area contributed by atoms with Gasteiger partial charge in [0.05, 0.1) is 17.2 Å². The van der Waals surface area contributed by atoms with Gasteiger partial charge in [-0.1, -0.05) is 26.2 Å². The second-order valence-corrected chi connectivity index (χ2v) is 8.29. The molecule has 3 N–H and O–H groups in total. The van der Waals surface area contributed by atoms with Gasteiger partial charge in [-0.25, -0.2) is 0 Å². The highest BCUT2D eigenvalue weighted by Crippen LogP contribution is 2.29. The molecule has 9 nitrogen and oxygen atoms in total. The van der Waals surface area contributed by atoms with Gasteiger partial charge in [-0.15, -0.1) is 10.2 Å². The summed E-state index contributed by atoms with van der Waals surface area (Å²) in [5.41, 5.74) is 6.88. The van der Waals surface area contributed by atoms with Gasteiger partial charge >= 0.3 is 0 Å². The van der Waals surface area contributed by atoms with Gasteiger partial charge in [-0.2, -0.15) is 5.21 Å². The molecular formula is C26H27N5O4. The summed E-state index contributed by atoms with van der Waals surface area (Å²) in [7, 11) is 0. The Morgan fingerprint density at radius 2 is 1.97 bits per heavy atom. The van der Waals surface area contributed by atoms with E-state index in [9.17, 15) is 9.59 Å². The molecule has 2 aromatic heterocycles. The Kier molecular flexibility index (Phi) is 7.35. The van der Waals surface area contributed by atoms with Gasteiger partial charge in [0.15, 0.2) is 5.78 Å². The van der Waals surface area contributed by atoms with Gasteiger partial charge in [-0.3, -0.25) is 9.59 Å². The third-order valence-corrected chi connectivity index (χ3v) is 5.61. The van der Waals surface area contributed by atoms with Crippen molar-refractivity contribution in [1.82, 2.24) is 20.6 Å². The number of nitrogens with one attached hydrogen (secondary N) is 1. The van der Waals surface area contributed by atoms with E-state index in [1.54, 1.807) is 49.6 Å². The fraction of sp³-hybridized carbons (Fsp3) is 0.269. The number of unbranched alkanes of at least 4 members (excludes halogenated alkanes) is 4. The third kappa shape index (κ3) is 5.29. The number of aryl methyl sites for hydroxylation is 1. The number of carbonyl (C=O) groups is 1. The average Bonchev–Trinajstić information content (AvgIpc) is 3.40. The molecule has 2 heterocycles. The number of carbonyl (C=O) groups excluding carboxylic acids is 1. The minimum atomic E-state index is -0.464. The van der Waals surface area contributed by atoms with Crippen LogP contribution in [0.4, 0.5) is 5.69 Å². The highest BCUT2D eigenvalue weighted by Gasteiger charge is 2.22. The predicted octanol–water partition coefficient (Wildman–Crippen LogP) is 4.96. The smallest absolute Gasteiger partial charge is 0.242 e. The molecule has 0 saturated carbocycles. The molecule has 0 amide bonds. The number of fused-ring (bicyclic) bond motifs is 1. The summed E-state index contributed by atoms with van der Waals surface area (Å²) >= 11 is 0. The average molecular weight is 474 g/mol. The molecule has 9 heteroatoms. The van der Waals surface area contributed by atoms with Crippen LogP contribution < -0.4 is 15.9 Å². The molecule has 4 rings (SSSR count). The fourth-order valence-electron chi connectivity index (χ4n) is 3.77. The number of aromatic amines is 1.